The first kappa shape index (κ1) is 19.1. The van der Waals surface area contributed by atoms with Gasteiger partial charge in [0.05, 0.1) is 6.10 Å². The van der Waals surface area contributed by atoms with E-state index in [0.29, 0.717) is 5.92 Å². The van der Waals surface area contributed by atoms with E-state index < -0.39 is 0 Å². The van der Waals surface area contributed by atoms with Crippen LogP contribution in [0.4, 0.5) is 0 Å². The number of rotatable bonds is 5. The first-order chi connectivity index (χ1) is 9.91. The molecule has 0 amide bonds. The number of ether oxygens (including phenoxy) is 1. The molecule has 0 aliphatic rings. The van der Waals surface area contributed by atoms with Gasteiger partial charge in [-0.15, -0.1) is 0 Å². The van der Waals surface area contributed by atoms with Crippen molar-refractivity contribution in [2.24, 2.45) is 5.41 Å². The smallest absolute Gasteiger partial charge is 0.126 e. The van der Waals surface area contributed by atoms with Crippen molar-refractivity contribution in [1.29, 1.82) is 0 Å². The Kier molecular flexibility index (Phi) is 5.76. The summed E-state index contributed by atoms with van der Waals surface area (Å²) >= 11 is 0. The molecule has 0 unspecified atom stereocenters. The highest BCUT2D eigenvalue weighted by molar-refractivity contribution is 5.48. The van der Waals surface area contributed by atoms with Crippen LogP contribution in [-0.4, -0.2) is 6.10 Å². The highest BCUT2D eigenvalue weighted by atomic mass is 16.5. The van der Waals surface area contributed by atoms with Gasteiger partial charge in [-0.3, -0.25) is 0 Å². The average Bonchev–Trinajstić information content (AvgIpc) is 2.36. The molecule has 0 radical (unpaired) electrons. The van der Waals surface area contributed by atoms with Crippen LogP contribution in [0.2, 0.25) is 0 Å². The third-order valence-corrected chi connectivity index (χ3v) is 5.15. The van der Waals surface area contributed by atoms with E-state index in [1.54, 1.807) is 0 Å². The second kappa shape index (κ2) is 6.64. The van der Waals surface area contributed by atoms with E-state index in [1.807, 2.05) is 0 Å². The van der Waals surface area contributed by atoms with Gasteiger partial charge in [0, 0.05) is 0 Å². The van der Waals surface area contributed by atoms with Crippen LogP contribution < -0.4 is 4.74 Å². The largest absolute Gasteiger partial charge is 0.490 e. The molecule has 0 saturated carbocycles. The van der Waals surface area contributed by atoms with Gasteiger partial charge in [-0.1, -0.05) is 67.5 Å². The van der Waals surface area contributed by atoms with E-state index in [4.69, 9.17) is 4.74 Å². The molecule has 1 aromatic rings. The zero-order valence-corrected chi connectivity index (χ0v) is 16.4. The predicted octanol–water partition coefficient (Wildman–Crippen LogP) is 6.48. The Hall–Kier alpha value is -0.980. The van der Waals surface area contributed by atoms with Crippen LogP contribution in [0.1, 0.15) is 91.8 Å². The van der Waals surface area contributed by atoms with Crippen molar-refractivity contribution in [2.45, 2.75) is 93.1 Å². The maximum Gasteiger partial charge on any atom is 0.126 e. The van der Waals surface area contributed by atoms with Crippen molar-refractivity contribution >= 4 is 0 Å². The van der Waals surface area contributed by atoms with Crippen LogP contribution in [-0.2, 0) is 11.8 Å². The fourth-order valence-corrected chi connectivity index (χ4v) is 2.58. The molecular weight excluding hydrogens is 268 g/mol. The van der Waals surface area contributed by atoms with Gasteiger partial charge in [0.15, 0.2) is 0 Å². The Morgan fingerprint density at radius 1 is 0.955 bits per heavy atom. The van der Waals surface area contributed by atoms with Crippen LogP contribution in [0.15, 0.2) is 12.1 Å². The molecule has 1 nitrogen and oxygen atoms in total. The van der Waals surface area contributed by atoms with Gasteiger partial charge in [-0.05, 0) is 53.7 Å². The number of hydrogen-bond acceptors (Lipinski definition) is 1. The Bertz CT molecular complexity index is 501. The maximum absolute atomic E-state index is 6.18. The van der Waals surface area contributed by atoms with Crippen molar-refractivity contribution in [3.63, 3.8) is 0 Å². The molecule has 0 aliphatic heterocycles. The van der Waals surface area contributed by atoms with E-state index >= 15 is 0 Å². The Morgan fingerprint density at radius 3 is 1.86 bits per heavy atom. The molecule has 1 rings (SSSR count). The van der Waals surface area contributed by atoms with Gasteiger partial charge in [-0.2, -0.15) is 0 Å². The molecule has 0 saturated heterocycles. The zero-order valence-electron chi connectivity index (χ0n) is 16.4. The molecule has 0 spiro atoms. The minimum Gasteiger partial charge on any atom is -0.490 e. The van der Waals surface area contributed by atoms with Gasteiger partial charge in [0.1, 0.15) is 5.75 Å². The second-order valence-corrected chi connectivity index (χ2v) is 8.60. The standard InChI is InChI=1S/C21H36O/c1-11-16-12-17(21(9,10)20(6,7)8)13-18(14(2)3)19(16)22-15(4)5/h12-15H,11H2,1-10H3. The van der Waals surface area contributed by atoms with Crippen molar-refractivity contribution in [3.05, 3.63) is 28.8 Å². The Morgan fingerprint density at radius 2 is 1.50 bits per heavy atom. The van der Waals surface area contributed by atoms with Crippen molar-refractivity contribution in [2.75, 3.05) is 0 Å². The molecule has 0 heterocycles. The monoisotopic (exact) mass is 304 g/mol. The Labute approximate surface area is 138 Å². The molecule has 0 N–H and O–H groups in total. The van der Waals surface area contributed by atoms with Gasteiger partial charge in [0.25, 0.3) is 0 Å². The van der Waals surface area contributed by atoms with E-state index in [9.17, 15) is 0 Å². The van der Waals surface area contributed by atoms with Gasteiger partial charge in [-0.25, -0.2) is 0 Å². The molecule has 0 aliphatic carbocycles. The minimum absolute atomic E-state index is 0.122. The van der Waals surface area contributed by atoms with Crippen LogP contribution in [0.3, 0.4) is 0 Å². The summed E-state index contributed by atoms with van der Waals surface area (Å²) < 4.78 is 6.18. The van der Waals surface area contributed by atoms with Gasteiger partial charge >= 0.3 is 0 Å². The number of hydrogen-bond donors (Lipinski definition) is 0. The number of benzene rings is 1. The summed E-state index contributed by atoms with van der Waals surface area (Å²) in [6.07, 6.45) is 1.22. The lowest BCUT2D eigenvalue weighted by Crippen LogP contribution is -2.34. The quantitative estimate of drug-likeness (QED) is 0.604. The predicted molar refractivity (Wildman–Crippen MR) is 98.2 cm³/mol. The van der Waals surface area contributed by atoms with Crippen molar-refractivity contribution in [1.82, 2.24) is 0 Å². The second-order valence-electron chi connectivity index (χ2n) is 8.60. The van der Waals surface area contributed by atoms with Crippen molar-refractivity contribution < 1.29 is 4.74 Å². The lowest BCUT2D eigenvalue weighted by Gasteiger charge is -2.40. The van der Waals surface area contributed by atoms with Crippen LogP contribution in [0.25, 0.3) is 0 Å². The number of aryl methyl sites for hydroxylation is 1. The average molecular weight is 305 g/mol. The summed E-state index contributed by atoms with van der Waals surface area (Å²) in [7, 11) is 0. The summed E-state index contributed by atoms with van der Waals surface area (Å²) in [4.78, 5) is 0. The zero-order chi connectivity index (χ0) is 17.3. The molecule has 0 fully saturated rings. The summed E-state index contributed by atoms with van der Waals surface area (Å²) in [6, 6.07) is 4.75. The lowest BCUT2D eigenvalue weighted by molar-refractivity contribution is 0.222. The molecule has 0 aromatic heterocycles. The molecule has 0 bridgehead atoms. The Balaban J connectivity index is 3.56. The van der Waals surface area contributed by atoms with Gasteiger partial charge in [0.2, 0.25) is 0 Å². The molecule has 0 atom stereocenters. The highest BCUT2D eigenvalue weighted by Crippen LogP contribution is 2.44. The molecule has 22 heavy (non-hydrogen) atoms. The summed E-state index contributed by atoms with van der Waals surface area (Å²) in [5, 5.41) is 0. The van der Waals surface area contributed by atoms with Crippen molar-refractivity contribution in [3.8, 4) is 5.75 Å². The van der Waals surface area contributed by atoms with E-state index in [-0.39, 0.29) is 16.9 Å². The third-order valence-electron chi connectivity index (χ3n) is 5.15. The molecular formula is C21H36O. The van der Waals surface area contributed by atoms with E-state index in [2.05, 4.69) is 81.4 Å². The topological polar surface area (TPSA) is 9.23 Å². The summed E-state index contributed by atoms with van der Waals surface area (Å²) in [5.74, 6) is 1.58. The van der Waals surface area contributed by atoms with Crippen LogP contribution in [0.5, 0.6) is 5.75 Å². The SMILES string of the molecule is CCc1cc(C(C)(C)C(C)(C)C)cc(C(C)C)c1OC(C)C. The summed E-state index contributed by atoms with van der Waals surface area (Å²) in [6.45, 7) is 22.6. The first-order valence-corrected chi connectivity index (χ1v) is 8.75. The molecule has 1 heteroatoms. The highest BCUT2D eigenvalue weighted by Gasteiger charge is 2.35. The van der Waals surface area contributed by atoms with E-state index in [1.165, 1.54) is 16.7 Å². The summed E-state index contributed by atoms with van der Waals surface area (Å²) in [5.41, 5.74) is 4.45. The first-order valence-electron chi connectivity index (χ1n) is 8.75. The minimum atomic E-state index is 0.122. The lowest BCUT2D eigenvalue weighted by atomic mass is 9.64. The fraction of sp³-hybridized carbons (Fsp3) is 0.714. The molecule has 1 aromatic carbocycles. The maximum atomic E-state index is 6.18. The third kappa shape index (κ3) is 3.86. The molecule has 126 valence electrons. The van der Waals surface area contributed by atoms with Crippen LogP contribution >= 0.6 is 0 Å². The fourth-order valence-electron chi connectivity index (χ4n) is 2.58. The normalized spacial score (nSPS) is 13.1. The van der Waals surface area contributed by atoms with Gasteiger partial charge < -0.3 is 4.74 Å². The van der Waals surface area contributed by atoms with E-state index in [0.717, 1.165) is 12.2 Å². The van der Waals surface area contributed by atoms with Crippen LogP contribution in [0, 0.1) is 5.41 Å².